The van der Waals surface area contributed by atoms with Crippen molar-refractivity contribution in [1.29, 1.82) is 0 Å². The van der Waals surface area contributed by atoms with Crippen molar-refractivity contribution < 1.29 is 22.3 Å². The van der Waals surface area contributed by atoms with Gasteiger partial charge in [-0.15, -0.1) is 0 Å². The number of benzene rings is 1. The molecule has 2 heterocycles. The van der Waals surface area contributed by atoms with E-state index >= 15 is 0 Å². The molecule has 0 atom stereocenters. The Hall–Kier alpha value is -2.01. The van der Waals surface area contributed by atoms with Crippen molar-refractivity contribution in [1.82, 2.24) is 14.7 Å². The van der Waals surface area contributed by atoms with E-state index in [2.05, 4.69) is 19.6 Å². The van der Waals surface area contributed by atoms with E-state index in [4.69, 9.17) is 21.1 Å². The summed E-state index contributed by atoms with van der Waals surface area (Å²) in [5.74, 6) is 0.977. The van der Waals surface area contributed by atoms with Crippen molar-refractivity contribution in [3.05, 3.63) is 40.9 Å². The third-order valence-corrected chi connectivity index (χ3v) is 5.73. The number of ether oxygens (including phenoxy) is 2. The van der Waals surface area contributed by atoms with Gasteiger partial charge in [-0.05, 0) is 25.1 Å². The van der Waals surface area contributed by atoms with Gasteiger partial charge < -0.3 is 14.4 Å². The van der Waals surface area contributed by atoms with Gasteiger partial charge in [-0.1, -0.05) is 11.6 Å². The van der Waals surface area contributed by atoms with Gasteiger partial charge in [0.1, 0.15) is 24.1 Å². The topological polar surface area (TPSA) is 93.6 Å². The van der Waals surface area contributed by atoms with Crippen LogP contribution in [0, 0.1) is 12.7 Å². The number of anilines is 1. The molecule has 1 saturated heterocycles. The molecule has 1 fully saturated rings. The highest BCUT2D eigenvalue weighted by molar-refractivity contribution is 7.89. The van der Waals surface area contributed by atoms with Gasteiger partial charge in [-0.2, -0.15) is 4.98 Å². The highest BCUT2D eigenvalue weighted by atomic mass is 35.5. The lowest BCUT2D eigenvalue weighted by Gasteiger charge is -2.28. The molecule has 1 aliphatic heterocycles. The lowest BCUT2D eigenvalue weighted by Crippen LogP contribution is -2.37. The highest BCUT2D eigenvalue weighted by Crippen LogP contribution is 2.20. The first kappa shape index (κ1) is 20.7. The Balaban J connectivity index is 1.57. The molecule has 2 aromatic rings. The number of aryl methyl sites for hydroxylation is 1. The molecule has 1 N–H and O–H groups in total. The maximum absolute atomic E-state index is 13.2. The molecule has 8 nitrogen and oxygen atoms in total. The maximum Gasteiger partial charge on any atom is 0.240 e. The van der Waals surface area contributed by atoms with Crippen LogP contribution in [0.1, 0.15) is 5.82 Å². The SMILES string of the molecule is Cc1nc(OCCNS(=O)(=O)c2ccc(F)c(Cl)c2)cc(N2CCOCC2)n1. The molecule has 0 aliphatic carbocycles. The number of sulfonamides is 1. The van der Waals surface area contributed by atoms with E-state index in [0.29, 0.717) is 24.9 Å². The normalized spacial score (nSPS) is 14.9. The third kappa shape index (κ3) is 5.28. The van der Waals surface area contributed by atoms with Crippen molar-refractivity contribution in [2.24, 2.45) is 0 Å². The summed E-state index contributed by atoms with van der Waals surface area (Å²) in [7, 11) is -3.82. The minimum absolute atomic E-state index is 0.00721. The number of aromatic nitrogens is 2. The number of nitrogens with zero attached hydrogens (tertiary/aromatic N) is 3. The average molecular weight is 431 g/mol. The lowest BCUT2D eigenvalue weighted by molar-refractivity contribution is 0.122. The molecule has 0 bridgehead atoms. The van der Waals surface area contributed by atoms with E-state index in [1.165, 1.54) is 0 Å². The molecule has 11 heteroatoms. The number of morpholine rings is 1. The molecule has 0 spiro atoms. The standard InChI is InChI=1S/C17H20ClFN4O4S/c1-12-21-16(23-5-8-26-9-6-23)11-17(22-12)27-7-4-20-28(24,25)13-2-3-15(19)14(18)10-13/h2-3,10-11,20H,4-9H2,1H3. The molecule has 1 aromatic carbocycles. The summed E-state index contributed by atoms with van der Waals surface area (Å²) in [6.45, 7) is 4.56. The third-order valence-electron chi connectivity index (χ3n) is 3.98. The van der Waals surface area contributed by atoms with Crippen LogP contribution in [0.25, 0.3) is 0 Å². The second-order valence-electron chi connectivity index (χ2n) is 6.03. The molecule has 0 radical (unpaired) electrons. The van der Waals surface area contributed by atoms with Crippen molar-refractivity contribution in [2.75, 3.05) is 44.4 Å². The number of rotatable bonds is 7. The molecule has 1 aliphatic rings. The Morgan fingerprint density at radius 1 is 1.29 bits per heavy atom. The van der Waals surface area contributed by atoms with Crippen molar-refractivity contribution in [3.8, 4) is 5.88 Å². The predicted molar refractivity (Wildman–Crippen MR) is 102 cm³/mol. The molecular weight excluding hydrogens is 411 g/mol. The summed E-state index contributed by atoms with van der Waals surface area (Å²) in [5, 5.41) is -0.258. The molecule has 28 heavy (non-hydrogen) atoms. The van der Waals surface area contributed by atoms with E-state index in [1.54, 1.807) is 13.0 Å². The van der Waals surface area contributed by atoms with E-state index in [0.717, 1.165) is 37.1 Å². The fourth-order valence-corrected chi connectivity index (χ4v) is 3.90. The van der Waals surface area contributed by atoms with Crippen LogP contribution in [-0.4, -0.2) is 57.8 Å². The van der Waals surface area contributed by atoms with E-state index in [1.807, 2.05) is 0 Å². The van der Waals surface area contributed by atoms with Crippen LogP contribution in [0.2, 0.25) is 5.02 Å². The van der Waals surface area contributed by atoms with Gasteiger partial charge in [-0.3, -0.25) is 0 Å². The number of hydrogen-bond donors (Lipinski definition) is 1. The Kier molecular flexibility index (Phi) is 6.65. The molecular formula is C17H20ClFN4O4S. The van der Waals surface area contributed by atoms with Crippen LogP contribution in [0.5, 0.6) is 5.88 Å². The van der Waals surface area contributed by atoms with Gasteiger partial charge in [0.15, 0.2) is 0 Å². The first-order chi connectivity index (χ1) is 13.3. The highest BCUT2D eigenvalue weighted by Gasteiger charge is 2.17. The summed E-state index contributed by atoms with van der Waals surface area (Å²) in [4.78, 5) is 10.6. The second-order valence-corrected chi connectivity index (χ2v) is 8.21. The second kappa shape index (κ2) is 8.99. The van der Waals surface area contributed by atoms with Crippen molar-refractivity contribution in [2.45, 2.75) is 11.8 Å². The fraction of sp³-hybridized carbons (Fsp3) is 0.412. The van der Waals surface area contributed by atoms with Crippen molar-refractivity contribution >= 4 is 27.4 Å². The predicted octanol–water partition coefficient (Wildman–Crippen LogP) is 1.77. The first-order valence-electron chi connectivity index (χ1n) is 8.61. The van der Waals surface area contributed by atoms with Crippen LogP contribution < -0.4 is 14.4 Å². The smallest absolute Gasteiger partial charge is 0.240 e. The summed E-state index contributed by atoms with van der Waals surface area (Å²) in [5.41, 5.74) is 0. The summed E-state index contributed by atoms with van der Waals surface area (Å²) in [6.07, 6.45) is 0. The first-order valence-corrected chi connectivity index (χ1v) is 10.5. The van der Waals surface area contributed by atoms with Crippen molar-refractivity contribution in [3.63, 3.8) is 0 Å². The molecule has 0 saturated carbocycles. The van der Waals surface area contributed by atoms with Gasteiger partial charge in [0, 0.05) is 25.7 Å². The summed E-state index contributed by atoms with van der Waals surface area (Å²) >= 11 is 5.64. The zero-order valence-corrected chi connectivity index (χ0v) is 16.8. The maximum atomic E-state index is 13.2. The van der Waals surface area contributed by atoms with Gasteiger partial charge in [-0.25, -0.2) is 22.5 Å². The Bertz CT molecular complexity index is 939. The summed E-state index contributed by atoms with van der Waals surface area (Å²) in [6, 6.07) is 4.92. The fourth-order valence-electron chi connectivity index (χ4n) is 2.61. The molecule has 0 unspecified atom stereocenters. The van der Waals surface area contributed by atoms with Gasteiger partial charge >= 0.3 is 0 Å². The van der Waals surface area contributed by atoms with Crippen LogP contribution in [0.4, 0.5) is 10.2 Å². The number of hydrogen-bond acceptors (Lipinski definition) is 7. The van der Waals surface area contributed by atoms with E-state index < -0.39 is 15.8 Å². The van der Waals surface area contributed by atoms with Crippen LogP contribution in [0.15, 0.2) is 29.2 Å². The zero-order chi connectivity index (χ0) is 20.1. The number of nitrogens with one attached hydrogen (secondary N) is 1. The van der Waals surface area contributed by atoms with Gasteiger partial charge in [0.25, 0.3) is 0 Å². The Morgan fingerprint density at radius 3 is 2.75 bits per heavy atom. The Labute approximate surface area is 167 Å². The minimum Gasteiger partial charge on any atom is -0.476 e. The number of halogens is 2. The molecule has 152 valence electrons. The van der Waals surface area contributed by atoms with E-state index in [-0.39, 0.29) is 23.1 Å². The lowest BCUT2D eigenvalue weighted by atomic mass is 10.3. The van der Waals surface area contributed by atoms with Crippen LogP contribution >= 0.6 is 11.6 Å². The monoisotopic (exact) mass is 430 g/mol. The average Bonchev–Trinajstić information content (AvgIpc) is 2.67. The largest absolute Gasteiger partial charge is 0.476 e. The molecule has 0 amide bonds. The molecule has 1 aromatic heterocycles. The quantitative estimate of drug-likeness (QED) is 0.669. The van der Waals surface area contributed by atoms with Crippen LogP contribution in [-0.2, 0) is 14.8 Å². The molecule has 3 rings (SSSR count). The van der Waals surface area contributed by atoms with Gasteiger partial charge in [0.2, 0.25) is 15.9 Å². The van der Waals surface area contributed by atoms with Crippen LogP contribution in [0.3, 0.4) is 0 Å². The minimum atomic E-state index is -3.82. The van der Waals surface area contributed by atoms with E-state index in [9.17, 15) is 12.8 Å². The zero-order valence-electron chi connectivity index (χ0n) is 15.2. The van der Waals surface area contributed by atoms with Gasteiger partial charge in [0.05, 0.1) is 23.1 Å². The summed E-state index contributed by atoms with van der Waals surface area (Å²) < 4.78 is 50.9. The Morgan fingerprint density at radius 2 is 2.04 bits per heavy atom.